The summed E-state index contributed by atoms with van der Waals surface area (Å²) >= 11 is 3.37. The monoisotopic (exact) mass is 343 g/mol. The summed E-state index contributed by atoms with van der Waals surface area (Å²) in [5.74, 6) is 0. The number of rotatable bonds is 5. The van der Waals surface area contributed by atoms with E-state index in [1.807, 2.05) is 24.3 Å². The highest BCUT2D eigenvalue weighted by atomic mass is 79.9. The maximum Gasteiger partial charge on any atom is 0.258 e. The van der Waals surface area contributed by atoms with E-state index in [2.05, 4.69) is 25.8 Å². The van der Waals surface area contributed by atoms with E-state index in [9.17, 15) is 8.42 Å². The predicted octanol–water partition coefficient (Wildman–Crippen LogP) is 1.79. The normalized spacial score (nSPS) is 11.7. The van der Waals surface area contributed by atoms with Crippen molar-refractivity contribution >= 4 is 26.0 Å². The van der Waals surface area contributed by atoms with E-state index in [-0.39, 0.29) is 11.6 Å². The number of aryl methyl sites for hydroxylation is 1. The third-order valence-electron chi connectivity index (χ3n) is 2.66. The van der Waals surface area contributed by atoms with Gasteiger partial charge in [0.2, 0.25) is 0 Å². The Labute approximate surface area is 120 Å². The highest BCUT2D eigenvalue weighted by Crippen LogP contribution is 2.11. The van der Waals surface area contributed by atoms with Gasteiger partial charge in [-0.05, 0) is 17.2 Å². The lowest BCUT2D eigenvalue weighted by atomic mass is 10.1. The first-order valence-electron chi connectivity index (χ1n) is 5.64. The van der Waals surface area contributed by atoms with Crippen LogP contribution in [0.3, 0.4) is 0 Å². The predicted molar refractivity (Wildman–Crippen MR) is 76.3 cm³/mol. The molecule has 1 aromatic carbocycles. The van der Waals surface area contributed by atoms with Crippen molar-refractivity contribution in [2.24, 2.45) is 7.05 Å². The zero-order valence-corrected chi connectivity index (χ0v) is 12.8. The Kier molecular flexibility index (Phi) is 4.38. The number of hydrogen-bond acceptors (Lipinski definition) is 3. The summed E-state index contributed by atoms with van der Waals surface area (Å²) in [6.45, 7) is 0.258. The number of benzene rings is 1. The molecule has 0 unspecified atom stereocenters. The van der Waals surface area contributed by atoms with Crippen LogP contribution in [0.25, 0.3) is 0 Å². The third kappa shape index (κ3) is 3.43. The first-order chi connectivity index (χ1) is 9.03. The molecule has 2 aromatic rings. The zero-order chi connectivity index (χ0) is 13.9. The average Bonchev–Trinajstić information content (AvgIpc) is 2.84. The van der Waals surface area contributed by atoms with Crippen LogP contribution < -0.4 is 4.72 Å². The smallest absolute Gasteiger partial charge is 0.256 e. The summed E-state index contributed by atoms with van der Waals surface area (Å²) in [6, 6.07) is 9.20. The standard InChI is InChI=1S/C12H14BrN3O2S/c1-16-12(5-6-14-16)19(17,18)15-9-11-4-2-3-10(7-11)8-13/h2-7,15H,8-9H2,1H3. The molecule has 1 N–H and O–H groups in total. The van der Waals surface area contributed by atoms with E-state index in [4.69, 9.17) is 0 Å². The van der Waals surface area contributed by atoms with Crippen LogP contribution in [-0.4, -0.2) is 18.2 Å². The molecule has 0 fully saturated rings. The lowest BCUT2D eigenvalue weighted by molar-refractivity contribution is 0.563. The van der Waals surface area contributed by atoms with E-state index < -0.39 is 10.0 Å². The number of alkyl halides is 1. The van der Waals surface area contributed by atoms with Crippen molar-refractivity contribution in [3.63, 3.8) is 0 Å². The van der Waals surface area contributed by atoms with Gasteiger partial charge in [0.05, 0.1) is 6.20 Å². The molecule has 0 bridgehead atoms. The van der Waals surface area contributed by atoms with Gasteiger partial charge in [-0.2, -0.15) is 5.10 Å². The van der Waals surface area contributed by atoms with Gasteiger partial charge in [0, 0.05) is 18.9 Å². The van der Waals surface area contributed by atoms with E-state index in [0.29, 0.717) is 0 Å². The Hall–Kier alpha value is -1.18. The molecule has 0 aliphatic rings. The van der Waals surface area contributed by atoms with E-state index in [1.165, 1.54) is 16.9 Å². The fourth-order valence-electron chi connectivity index (χ4n) is 1.70. The molecule has 1 aromatic heterocycles. The van der Waals surface area contributed by atoms with Crippen molar-refractivity contribution < 1.29 is 8.42 Å². The van der Waals surface area contributed by atoms with Gasteiger partial charge in [-0.25, -0.2) is 13.1 Å². The van der Waals surface area contributed by atoms with Crippen molar-refractivity contribution in [1.29, 1.82) is 0 Å². The maximum atomic E-state index is 12.1. The topological polar surface area (TPSA) is 64.0 Å². The van der Waals surface area contributed by atoms with Crippen molar-refractivity contribution in [3.05, 3.63) is 47.7 Å². The van der Waals surface area contributed by atoms with Crippen molar-refractivity contribution in [2.75, 3.05) is 0 Å². The van der Waals surface area contributed by atoms with Gasteiger partial charge in [-0.15, -0.1) is 0 Å². The fraction of sp³-hybridized carbons (Fsp3) is 0.250. The summed E-state index contributed by atoms with van der Waals surface area (Å²) in [5, 5.41) is 4.76. The van der Waals surface area contributed by atoms with E-state index >= 15 is 0 Å². The van der Waals surface area contributed by atoms with Crippen LogP contribution in [0.15, 0.2) is 41.6 Å². The number of sulfonamides is 1. The van der Waals surface area contributed by atoms with Gasteiger partial charge in [-0.3, -0.25) is 4.68 Å². The number of nitrogens with one attached hydrogen (secondary N) is 1. The first-order valence-corrected chi connectivity index (χ1v) is 8.25. The molecule has 0 aliphatic carbocycles. The summed E-state index contributed by atoms with van der Waals surface area (Å²) in [7, 11) is -1.93. The minimum Gasteiger partial charge on any atom is -0.256 e. The van der Waals surface area contributed by atoms with Gasteiger partial charge in [0.25, 0.3) is 10.0 Å². The highest BCUT2D eigenvalue weighted by molar-refractivity contribution is 9.08. The Balaban J connectivity index is 2.12. The van der Waals surface area contributed by atoms with Gasteiger partial charge >= 0.3 is 0 Å². The Morgan fingerprint density at radius 1 is 1.32 bits per heavy atom. The van der Waals surface area contributed by atoms with Gasteiger partial charge in [0.15, 0.2) is 5.03 Å². The molecule has 0 amide bonds. The van der Waals surface area contributed by atoms with Crippen molar-refractivity contribution in [3.8, 4) is 0 Å². The zero-order valence-electron chi connectivity index (χ0n) is 10.4. The second kappa shape index (κ2) is 5.85. The van der Waals surface area contributed by atoms with Crippen LogP contribution in [0.4, 0.5) is 0 Å². The van der Waals surface area contributed by atoms with Gasteiger partial charge < -0.3 is 0 Å². The Morgan fingerprint density at radius 3 is 2.68 bits per heavy atom. The molecule has 0 aliphatic heterocycles. The molecule has 0 saturated carbocycles. The molecule has 0 radical (unpaired) electrons. The summed E-state index contributed by atoms with van der Waals surface area (Å²) in [4.78, 5) is 0. The summed E-state index contributed by atoms with van der Waals surface area (Å²) < 4.78 is 28.0. The number of halogens is 1. The highest BCUT2D eigenvalue weighted by Gasteiger charge is 2.17. The van der Waals surface area contributed by atoms with Crippen LogP contribution in [0.2, 0.25) is 0 Å². The lowest BCUT2D eigenvalue weighted by Crippen LogP contribution is -2.25. The average molecular weight is 344 g/mol. The lowest BCUT2D eigenvalue weighted by Gasteiger charge is -2.07. The van der Waals surface area contributed by atoms with Crippen LogP contribution in [0.5, 0.6) is 0 Å². The second-order valence-electron chi connectivity index (χ2n) is 4.07. The van der Waals surface area contributed by atoms with Crippen LogP contribution in [-0.2, 0) is 28.9 Å². The molecule has 0 saturated heterocycles. The molecule has 2 rings (SSSR count). The van der Waals surface area contributed by atoms with E-state index in [1.54, 1.807) is 7.05 Å². The number of aromatic nitrogens is 2. The number of nitrogens with zero attached hydrogens (tertiary/aromatic N) is 2. The van der Waals surface area contributed by atoms with Crippen LogP contribution in [0.1, 0.15) is 11.1 Å². The molecular weight excluding hydrogens is 330 g/mol. The third-order valence-corrected chi connectivity index (χ3v) is 4.79. The molecule has 1 heterocycles. The first kappa shape index (κ1) is 14.2. The molecule has 5 nitrogen and oxygen atoms in total. The molecular formula is C12H14BrN3O2S. The van der Waals surface area contributed by atoms with Crippen molar-refractivity contribution in [2.45, 2.75) is 16.9 Å². The molecule has 102 valence electrons. The van der Waals surface area contributed by atoms with Crippen LogP contribution in [0, 0.1) is 0 Å². The van der Waals surface area contributed by atoms with Crippen molar-refractivity contribution in [1.82, 2.24) is 14.5 Å². The molecule has 0 atom stereocenters. The largest absolute Gasteiger partial charge is 0.258 e. The van der Waals surface area contributed by atoms with Gasteiger partial charge in [-0.1, -0.05) is 40.2 Å². The minimum absolute atomic E-state index is 0.157. The second-order valence-corrected chi connectivity index (χ2v) is 6.35. The quantitative estimate of drug-likeness (QED) is 0.842. The minimum atomic E-state index is -3.53. The molecule has 19 heavy (non-hydrogen) atoms. The Bertz CT molecular complexity index is 667. The molecule has 7 heteroatoms. The summed E-state index contributed by atoms with van der Waals surface area (Å²) in [6.07, 6.45) is 1.46. The van der Waals surface area contributed by atoms with E-state index in [0.717, 1.165) is 16.5 Å². The SMILES string of the molecule is Cn1nccc1S(=O)(=O)NCc1cccc(CBr)c1. The Morgan fingerprint density at radius 2 is 2.05 bits per heavy atom. The maximum absolute atomic E-state index is 12.1. The fourth-order valence-corrected chi connectivity index (χ4v) is 3.19. The number of hydrogen-bond donors (Lipinski definition) is 1. The van der Waals surface area contributed by atoms with Gasteiger partial charge in [0.1, 0.15) is 0 Å². The molecule has 0 spiro atoms. The summed E-state index contributed by atoms with van der Waals surface area (Å²) in [5.41, 5.74) is 2.03. The van der Waals surface area contributed by atoms with Crippen LogP contribution >= 0.6 is 15.9 Å².